The Labute approximate surface area is 152 Å². The first-order valence-electron chi connectivity index (χ1n) is 8.86. The van der Waals surface area contributed by atoms with E-state index in [1.165, 1.54) is 5.56 Å². The molecule has 2 aromatic heterocycles. The molecular formula is C21H22N4O. The van der Waals surface area contributed by atoms with Crippen LogP contribution in [0.25, 0.3) is 22.4 Å². The number of aromatic amines is 1. The first-order chi connectivity index (χ1) is 12.5. The van der Waals surface area contributed by atoms with Crippen LogP contribution in [0.15, 0.2) is 53.1 Å². The molecule has 5 nitrogen and oxygen atoms in total. The molecule has 132 valence electrons. The minimum atomic E-state index is 0.132. The van der Waals surface area contributed by atoms with Crippen LogP contribution in [0.3, 0.4) is 0 Å². The van der Waals surface area contributed by atoms with E-state index in [9.17, 15) is 0 Å². The van der Waals surface area contributed by atoms with E-state index >= 15 is 0 Å². The number of imidazole rings is 1. The number of benzene rings is 2. The molecule has 0 bridgehead atoms. The van der Waals surface area contributed by atoms with Gasteiger partial charge in [0.2, 0.25) is 11.7 Å². The topological polar surface area (TPSA) is 67.6 Å². The van der Waals surface area contributed by atoms with Gasteiger partial charge in [-0.15, -0.1) is 0 Å². The van der Waals surface area contributed by atoms with E-state index in [2.05, 4.69) is 65.1 Å². The zero-order valence-electron chi connectivity index (χ0n) is 15.3. The second-order valence-electron chi connectivity index (χ2n) is 7.54. The highest BCUT2D eigenvalue weighted by atomic mass is 16.5. The van der Waals surface area contributed by atoms with E-state index in [0.29, 0.717) is 18.1 Å². The molecule has 0 saturated heterocycles. The van der Waals surface area contributed by atoms with E-state index < -0.39 is 0 Å². The standard InChI is InChI=1S/C21H22N4O/c1-21(2,3)15-10-8-14(9-11-15)20-24-19(26-25-20)13-12-18-22-16-6-4-5-7-17(16)23-18/h4-11H,12-13H2,1-3H3,(H,22,23). The molecule has 0 unspecified atom stereocenters. The average Bonchev–Trinajstić information content (AvgIpc) is 3.26. The largest absolute Gasteiger partial charge is 0.342 e. The first kappa shape index (κ1) is 16.5. The van der Waals surface area contributed by atoms with Crippen LogP contribution in [0.5, 0.6) is 0 Å². The lowest BCUT2D eigenvalue weighted by Crippen LogP contribution is -2.10. The summed E-state index contributed by atoms with van der Waals surface area (Å²) in [7, 11) is 0. The summed E-state index contributed by atoms with van der Waals surface area (Å²) in [5.41, 5.74) is 4.42. The molecule has 0 radical (unpaired) electrons. The lowest BCUT2D eigenvalue weighted by molar-refractivity contribution is 0.378. The maximum atomic E-state index is 5.41. The maximum absolute atomic E-state index is 5.41. The van der Waals surface area contributed by atoms with Gasteiger partial charge in [0.05, 0.1) is 11.0 Å². The Kier molecular flexibility index (Phi) is 4.07. The second-order valence-corrected chi connectivity index (χ2v) is 7.54. The molecule has 0 atom stereocenters. The van der Waals surface area contributed by atoms with Crippen LogP contribution in [0.4, 0.5) is 0 Å². The molecule has 0 aliphatic carbocycles. The summed E-state index contributed by atoms with van der Waals surface area (Å²) in [6.07, 6.45) is 1.40. The number of hydrogen-bond donors (Lipinski definition) is 1. The van der Waals surface area contributed by atoms with Gasteiger partial charge in [0, 0.05) is 18.4 Å². The van der Waals surface area contributed by atoms with Crippen LogP contribution in [0.1, 0.15) is 38.0 Å². The predicted molar refractivity (Wildman–Crippen MR) is 102 cm³/mol. The third kappa shape index (κ3) is 3.38. The Morgan fingerprint density at radius 3 is 2.42 bits per heavy atom. The normalized spacial score (nSPS) is 12.0. The molecule has 2 aromatic carbocycles. The van der Waals surface area contributed by atoms with Gasteiger partial charge in [0.15, 0.2) is 0 Å². The second kappa shape index (κ2) is 6.41. The molecule has 26 heavy (non-hydrogen) atoms. The minimum absolute atomic E-state index is 0.132. The molecule has 2 heterocycles. The van der Waals surface area contributed by atoms with Gasteiger partial charge in [0.1, 0.15) is 5.82 Å². The Morgan fingerprint density at radius 1 is 0.923 bits per heavy atom. The number of fused-ring (bicyclic) bond motifs is 1. The van der Waals surface area contributed by atoms with Crippen molar-refractivity contribution >= 4 is 11.0 Å². The zero-order chi connectivity index (χ0) is 18.1. The number of aromatic nitrogens is 4. The van der Waals surface area contributed by atoms with E-state index in [0.717, 1.165) is 28.8 Å². The predicted octanol–water partition coefficient (Wildman–Crippen LogP) is 4.70. The van der Waals surface area contributed by atoms with Crippen molar-refractivity contribution in [1.82, 2.24) is 20.1 Å². The smallest absolute Gasteiger partial charge is 0.227 e. The Bertz CT molecular complexity index is 989. The van der Waals surface area contributed by atoms with Crippen molar-refractivity contribution in [3.8, 4) is 11.4 Å². The Hall–Kier alpha value is -2.95. The van der Waals surface area contributed by atoms with Crippen molar-refractivity contribution in [3.63, 3.8) is 0 Å². The fourth-order valence-electron chi connectivity index (χ4n) is 2.94. The number of nitrogens with zero attached hydrogens (tertiary/aromatic N) is 3. The lowest BCUT2D eigenvalue weighted by Gasteiger charge is -2.18. The lowest BCUT2D eigenvalue weighted by atomic mass is 9.87. The summed E-state index contributed by atoms with van der Waals surface area (Å²) in [4.78, 5) is 12.4. The molecule has 1 N–H and O–H groups in total. The van der Waals surface area contributed by atoms with Gasteiger partial charge in [-0.05, 0) is 23.1 Å². The number of hydrogen-bond acceptors (Lipinski definition) is 4. The van der Waals surface area contributed by atoms with Gasteiger partial charge in [-0.1, -0.05) is 62.3 Å². The summed E-state index contributed by atoms with van der Waals surface area (Å²) >= 11 is 0. The van der Waals surface area contributed by atoms with Crippen LogP contribution in [0, 0.1) is 0 Å². The summed E-state index contributed by atoms with van der Waals surface area (Å²) in [6, 6.07) is 16.4. The quantitative estimate of drug-likeness (QED) is 0.582. The summed E-state index contributed by atoms with van der Waals surface area (Å²) in [5.74, 6) is 2.19. The van der Waals surface area contributed by atoms with Gasteiger partial charge in [0.25, 0.3) is 0 Å². The third-order valence-corrected chi connectivity index (χ3v) is 4.49. The fraction of sp³-hybridized carbons (Fsp3) is 0.286. The zero-order valence-corrected chi connectivity index (χ0v) is 15.3. The van der Waals surface area contributed by atoms with Crippen LogP contribution in [-0.4, -0.2) is 20.1 Å². The summed E-state index contributed by atoms with van der Waals surface area (Å²) in [5, 5.41) is 4.12. The van der Waals surface area contributed by atoms with Crippen LogP contribution in [0.2, 0.25) is 0 Å². The van der Waals surface area contributed by atoms with Crippen molar-refractivity contribution in [1.29, 1.82) is 0 Å². The SMILES string of the molecule is CC(C)(C)c1ccc(-c2noc(CCc3nc4ccccc4[nH]3)n2)cc1. The van der Waals surface area contributed by atoms with Crippen molar-refractivity contribution in [3.05, 3.63) is 65.8 Å². The summed E-state index contributed by atoms with van der Waals surface area (Å²) < 4.78 is 5.41. The van der Waals surface area contributed by atoms with Gasteiger partial charge in [-0.25, -0.2) is 4.98 Å². The monoisotopic (exact) mass is 346 g/mol. The van der Waals surface area contributed by atoms with Gasteiger partial charge in [-0.2, -0.15) is 4.98 Å². The number of nitrogens with one attached hydrogen (secondary N) is 1. The van der Waals surface area contributed by atoms with Gasteiger partial charge in [-0.3, -0.25) is 0 Å². The molecule has 4 rings (SSSR count). The number of aryl methyl sites for hydroxylation is 2. The number of para-hydroxylation sites is 2. The molecule has 0 amide bonds. The molecule has 0 aliphatic heterocycles. The molecular weight excluding hydrogens is 324 g/mol. The fourth-order valence-corrected chi connectivity index (χ4v) is 2.94. The maximum Gasteiger partial charge on any atom is 0.227 e. The van der Waals surface area contributed by atoms with Crippen LogP contribution < -0.4 is 0 Å². The van der Waals surface area contributed by atoms with E-state index in [4.69, 9.17) is 4.52 Å². The summed E-state index contributed by atoms with van der Waals surface area (Å²) in [6.45, 7) is 6.60. The Morgan fingerprint density at radius 2 is 1.69 bits per heavy atom. The van der Waals surface area contributed by atoms with Crippen LogP contribution in [-0.2, 0) is 18.3 Å². The van der Waals surface area contributed by atoms with Crippen molar-refractivity contribution < 1.29 is 4.52 Å². The third-order valence-electron chi connectivity index (χ3n) is 4.49. The molecule has 0 saturated carbocycles. The molecule has 5 heteroatoms. The number of H-pyrrole nitrogens is 1. The minimum Gasteiger partial charge on any atom is -0.342 e. The molecule has 0 fully saturated rings. The van der Waals surface area contributed by atoms with E-state index in [-0.39, 0.29) is 5.41 Å². The van der Waals surface area contributed by atoms with Gasteiger partial charge < -0.3 is 9.51 Å². The first-order valence-corrected chi connectivity index (χ1v) is 8.86. The Balaban J connectivity index is 1.46. The average molecular weight is 346 g/mol. The van der Waals surface area contributed by atoms with Crippen LogP contribution >= 0.6 is 0 Å². The highest BCUT2D eigenvalue weighted by Gasteiger charge is 2.15. The highest BCUT2D eigenvalue weighted by Crippen LogP contribution is 2.25. The number of rotatable bonds is 4. The molecule has 0 spiro atoms. The van der Waals surface area contributed by atoms with Crippen molar-refractivity contribution in [2.24, 2.45) is 0 Å². The molecule has 4 aromatic rings. The van der Waals surface area contributed by atoms with Crippen molar-refractivity contribution in [2.45, 2.75) is 39.0 Å². The van der Waals surface area contributed by atoms with Crippen molar-refractivity contribution in [2.75, 3.05) is 0 Å². The van der Waals surface area contributed by atoms with Gasteiger partial charge >= 0.3 is 0 Å². The van der Waals surface area contributed by atoms with E-state index in [1.807, 2.05) is 24.3 Å². The van der Waals surface area contributed by atoms with E-state index in [1.54, 1.807) is 0 Å². The molecule has 0 aliphatic rings. The highest BCUT2D eigenvalue weighted by molar-refractivity contribution is 5.74.